The fourth-order valence-corrected chi connectivity index (χ4v) is 4.07. The highest BCUT2D eigenvalue weighted by atomic mass is 32.1. The lowest BCUT2D eigenvalue weighted by atomic mass is 9.90. The van der Waals surface area contributed by atoms with E-state index in [4.69, 9.17) is 4.74 Å². The lowest BCUT2D eigenvalue weighted by Gasteiger charge is -2.43. The zero-order chi connectivity index (χ0) is 17.1. The van der Waals surface area contributed by atoms with Gasteiger partial charge in [-0.2, -0.15) is 0 Å². The molecule has 2 aliphatic rings. The SMILES string of the molecule is CC(C)C(=O)Nc1nc(CC(=O)N2CCO[C@@H]3CCCC[C@H]32)cs1. The monoisotopic (exact) mass is 351 g/mol. The van der Waals surface area contributed by atoms with Crippen molar-refractivity contribution in [3.63, 3.8) is 0 Å². The van der Waals surface area contributed by atoms with Gasteiger partial charge in [0.25, 0.3) is 0 Å². The Morgan fingerprint density at radius 1 is 1.42 bits per heavy atom. The third-order valence-corrected chi connectivity index (χ3v) is 5.50. The Morgan fingerprint density at radius 2 is 2.21 bits per heavy atom. The van der Waals surface area contributed by atoms with Gasteiger partial charge in [0, 0.05) is 17.8 Å². The topological polar surface area (TPSA) is 71.5 Å². The van der Waals surface area contributed by atoms with E-state index in [9.17, 15) is 9.59 Å². The first kappa shape index (κ1) is 17.4. The molecule has 0 unspecified atom stereocenters. The maximum absolute atomic E-state index is 12.7. The van der Waals surface area contributed by atoms with Crippen LogP contribution in [0, 0.1) is 5.92 Å². The zero-order valence-electron chi connectivity index (χ0n) is 14.3. The number of fused-ring (bicyclic) bond motifs is 1. The summed E-state index contributed by atoms with van der Waals surface area (Å²) in [6.45, 7) is 4.97. The first-order valence-corrected chi connectivity index (χ1v) is 9.59. The number of rotatable bonds is 4. The van der Waals surface area contributed by atoms with Crippen LogP contribution in [0.4, 0.5) is 5.13 Å². The molecule has 7 heteroatoms. The number of ether oxygens (including phenoxy) is 1. The Labute approximate surface area is 146 Å². The lowest BCUT2D eigenvalue weighted by Crippen LogP contribution is -2.55. The van der Waals surface area contributed by atoms with E-state index in [1.165, 1.54) is 17.8 Å². The van der Waals surface area contributed by atoms with Crippen molar-refractivity contribution in [3.8, 4) is 0 Å². The van der Waals surface area contributed by atoms with Gasteiger partial charge in [-0.25, -0.2) is 4.98 Å². The molecule has 2 amide bonds. The van der Waals surface area contributed by atoms with E-state index in [0.717, 1.165) is 25.0 Å². The number of hydrogen-bond acceptors (Lipinski definition) is 5. The molecule has 1 aromatic rings. The largest absolute Gasteiger partial charge is 0.374 e. The van der Waals surface area contributed by atoms with E-state index in [1.807, 2.05) is 24.1 Å². The summed E-state index contributed by atoms with van der Waals surface area (Å²) in [6.07, 6.45) is 4.93. The summed E-state index contributed by atoms with van der Waals surface area (Å²) in [5.41, 5.74) is 0.725. The summed E-state index contributed by atoms with van der Waals surface area (Å²) >= 11 is 1.37. The van der Waals surface area contributed by atoms with E-state index in [2.05, 4.69) is 10.3 Å². The number of amides is 2. The summed E-state index contributed by atoms with van der Waals surface area (Å²) in [4.78, 5) is 30.8. The van der Waals surface area contributed by atoms with Crippen molar-refractivity contribution in [1.29, 1.82) is 0 Å². The molecule has 2 atom stereocenters. The highest BCUT2D eigenvalue weighted by Gasteiger charge is 2.36. The molecule has 0 radical (unpaired) electrons. The Hall–Kier alpha value is -1.47. The van der Waals surface area contributed by atoms with E-state index in [-0.39, 0.29) is 36.3 Å². The van der Waals surface area contributed by atoms with E-state index >= 15 is 0 Å². The van der Waals surface area contributed by atoms with Crippen LogP contribution in [0.2, 0.25) is 0 Å². The number of thiazole rings is 1. The van der Waals surface area contributed by atoms with Crippen LogP contribution in [0.5, 0.6) is 0 Å². The van der Waals surface area contributed by atoms with Crippen molar-refractivity contribution in [3.05, 3.63) is 11.1 Å². The van der Waals surface area contributed by atoms with Gasteiger partial charge in [0.1, 0.15) is 0 Å². The van der Waals surface area contributed by atoms with Crippen LogP contribution in [0.3, 0.4) is 0 Å². The molecule has 1 saturated heterocycles. The van der Waals surface area contributed by atoms with Crippen LogP contribution < -0.4 is 5.32 Å². The van der Waals surface area contributed by atoms with Gasteiger partial charge in [0.05, 0.1) is 30.9 Å². The number of nitrogens with one attached hydrogen (secondary N) is 1. The number of carbonyl (C=O) groups is 2. The molecule has 1 aliphatic carbocycles. The summed E-state index contributed by atoms with van der Waals surface area (Å²) < 4.78 is 5.83. The van der Waals surface area contributed by atoms with Gasteiger partial charge in [0.2, 0.25) is 11.8 Å². The van der Waals surface area contributed by atoms with Gasteiger partial charge in [-0.05, 0) is 12.8 Å². The molecule has 1 aromatic heterocycles. The molecular weight excluding hydrogens is 326 g/mol. The molecule has 24 heavy (non-hydrogen) atoms. The first-order valence-electron chi connectivity index (χ1n) is 8.71. The Kier molecular flexibility index (Phi) is 5.50. The fourth-order valence-electron chi connectivity index (χ4n) is 3.36. The second-order valence-electron chi connectivity index (χ2n) is 6.81. The maximum Gasteiger partial charge on any atom is 0.229 e. The van der Waals surface area contributed by atoms with Gasteiger partial charge in [-0.3, -0.25) is 9.59 Å². The molecule has 2 fully saturated rings. The second kappa shape index (κ2) is 7.61. The van der Waals surface area contributed by atoms with Gasteiger partial charge in [-0.15, -0.1) is 11.3 Å². The molecule has 0 spiro atoms. The van der Waals surface area contributed by atoms with Crippen LogP contribution in [0.1, 0.15) is 45.2 Å². The van der Waals surface area contributed by atoms with Gasteiger partial charge in [-0.1, -0.05) is 26.7 Å². The Balaban J connectivity index is 1.60. The van der Waals surface area contributed by atoms with E-state index in [0.29, 0.717) is 18.3 Å². The van der Waals surface area contributed by atoms with E-state index in [1.54, 1.807) is 0 Å². The molecule has 2 heterocycles. The van der Waals surface area contributed by atoms with Crippen molar-refractivity contribution in [2.75, 3.05) is 18.5 Å². The molecule has 0 bridgehead atoms. The van der Waals surface area contributed by atoms with Crippen LogP contribution in [0.25, 0.3) is 0 Å². The van der Waals surface area contributed by atoms with Crippen LogP contribution in [0.15, 0.2) is 5.38 Å². The number of morpholine rings is 1. The van der Waals surface area contributed by atoms with Crippen molar-refractivity contribution in [2.45, 2.75) is 58.1 Å². The molecule has 132 valence electrons. The fraction of sp³-hybridized carbons (Fsp3) is 0.706. The van der Waals surface area contributed by atoms with E-state index < -0.39 is 0 Å². The van der Waals surface area contributed by atoms with Crippen molar-refractivity contribution >= 4 is 28.3 Å². The molecule has 6 nitrogen and oxygen atoms in total. The van der Waals surface area contributed by atoms with Gasteiger partial charge < -0.3 is 15.0 Å². The average molecular weight is 351 g/mol. The summed E-state index contributed by atoms with van der Waals surface area (Å²) in [6, 6.07) is 0.221. The highest BCUT2D eigenvalue weighted by molar-refractivity contribution is 7.13. The number of nitrogens with zero attached hydrogens (tertiary/aromatic N) is 2. The number of anilines is 1. The Morgan fingerprint density at radius 3 is 3.00 bits per heavy atom. The molecule has 1 saturated carbocycles. The van der Waals surface area contributed by atoms with Crippen molar-refractivity contribution in [2.24, 2.45) is 5.92 Å². The number of hydrogen-bond donors (Lipinski definition) is 1. The van der Waals surface area contributed by atoms with Gasteiger partial charge >= 0.3 is 0 Å². The smallest absolute Gasteiger partial charge is 0.229 e. The minimum atomic E-state index is -0.0874. The average Bonchev–Trinajstić information content (AvgIpc) is 3.01. The zero-order valence-corrected chi connectivity index (χ0v) is 15.1. The minimum absolute atomic E-state index is 0.0551. The maximum atomic E-state index is 12.7. The van der Waals surface area contributed by atoms with Crippen LogP contribution in [-0.2, 0) is 20.7 Å². The van der Waals surface area contributed by atoms with Crippen molar-refractivity contribution < 1.29 is 14.3 Å². The molecule has 3 rings (SSSR count). The summed E-state index contributed by atoms with van der Waals surface area (Å²) in [7, 11) is 0. The third kappa shape index (κ3) is 3.95. The highest BCUT2D eigenvalue weighted by Crippen LogP contribution is 2.29. The predicted molar refractivity (Wildman–Crippen MR) is 93.0 cm³/mol. The normalized spacial score (nSPS) is 23.9. The first-order chi connectivity index (χ1) is 11.5. The predicted octanol–water partition coefficient (Wildman–Crippen LogP) is 2.45. The Bertz CT molecular complexity index is 600. The summed E-state index contributed by atoms with van der Waals surface area (Å²) in [5, 5.41) is 5.20. The number of aromatic nitrogens is 1. The van der Waals surface area contributed by atoms with Crippen LogP contribution in [-0.4, -0.2) is 47.0 Å². The number of carbonyl (C=O) groups excluding carboxylic acids is 2. The third-order valence-electron chi connectivity index (χ3n) is 4.69. The second-order valence-corrected chi connectivity index (χ2v) is 7.67. The van der Waals surface area contributed by atoms with Crippen LogP contribution >= 0.6 is 11.3 Å². The quantitative estimate of drug-likeness (QED) is 0.904. The summed E-state index contributed by atoms with van der Waals surface area (Å²) in [5.74, 6) is -0.0294. The molecule has 0 aromatic carbocycles. The molecule has 1 N–H and O–H groups in total. The molecular formula is C17H25N3O3S. The standard InChI is InChI=1S/C17H25N3O3S/c1-11(2)16(22)19-17-18-12(10-24-17)9-15(21)20-7-8-23-14-6-4-3-5-13(14)20/h10-11,13-14H,3-9H2,1-2H3,(H,18,19,22)/t13-,14-/m1/s1. The minimum Gasteiger partial charge on any atom is -0.374 e. The van der Waals surface area contributed by atoms with Gasteiger partial charge in [0.15, 0.2) is 5.13 Å². The van der Waals surface area contributed by atoms with Crippen molar-refractivity contribution in [1.82, 2.24) is 9.88 Å². The molecule has 1 aliphatic heterocycles. The lowest BCUT2D eigenvalue weighted by molar-refractivity contribution is -0.148.